The molecule has 0 bridgehead atoms. The van der Waals surface area contributed by atoms with E-state index in [-0.39, 0.29) is 0 Å². The van der Waals surface area contributed by atoms with Crippen molar-refractivity contribution in [2.75, 3.05) is 20.1 Å². The number of rotatable bonds is 8. The third kappa shape index (κ3) is 9.88. The molecule has 0 N–H and O–H groups in total. The van der Waals surface area contributed by atoms with Crippen molar-refractivity contribution >= 4 is 0 Å². The van der Waals surface area contributed by atoms with Crippen LogP contribution in [0.1, 0.15) is 52.9 Å². The summed E-state index contributed by atoms with van der Waals surface area (Å²) in [4.78, 5) is 2.45. The fourth-order valence-electron chi connectivity index (χ4n) is 1.70. The summed E-state index contributed by atoms with van der Waals surface area (Å²) in [6, 6.07) is 0. The fourth-order valence-corrected chi connectivity index (χ4v) is 1.70. The molecular weight excluding hydrogens is 158 g/mol. The second-order valence-electron chi connectivity index (χ2n) is 4.57. The van der Waals surface area contributed by atoms with Crippen LogP contribution in [0, 0.1) is 5.92 Å². The molecule has 1 nitrogen and oxygen atoms in total. The van der Waals surface area contributed by atoms with Gasteiger partial charge in [-0.05, 0) is 25.9 Å². The van der Waals surface area contributed by atoms with Crippen molar-refractivity contribution in [3.63, 3.8) is 0 Å². The van der Waals surface area contributed by atoms with E-state index in [0.29, 0.717) is 0 Å². The molecule has 0 radical (unpaired) electrons. The molecule has 1 heteroatoms. The molecule has 0 aromatic rings. The van der Waals surface area contributed by atoms with Gasteiger partial charge in [0.25, 0.3) is 0 Å². The molecule has 0 aliphatic heterocycles. The van der Waals surface area contributed by atoms with Crippen molar-refractivity contribution in [1.82, 2.24) is 4.90 Å². The van der Waals surface area contributed by atoms with Gasteiger partial charge in [0.2, 0.25) is 0 Å². The number of hydrogen-bond acceptors (Lipinski definition) is 1. The largest absolute Gasteiger partial charge is 0.306 e. The van der Waals surface area contributed by atoms with Gasteiger partial charge in [-0.3, -0.25) is 0 Å². The van der Waals surface area contributed by atoms with Crippen LogP contribution in [0.15, 0.2) is 0 Å². The van der Waals surface area contributed by atoms with Gasteiger partial charge in [0.15, 0.2) is 0 Å². The van der Waals surface area contributed by atoms with Gasteiger partial charge < -0.3 is 4.90 Å². The summed E-state index contributed by atoms with van der Waals surface area (Å²) in [6.45, 7) is 9.36. The number of hydrogen-bond donors (Lipinski definition) is 0. The molecule has 0 aliphatic carbocycles. The predicted molar refractivity (Wildman–Crippen MR) is 61.1 cm³/mol. The lowest BCUT2D eigenvalue weighted by atomic mass is 10.1. The SMILES string of the molecule is CCCCCCCN(C)CC(C)C. The third-order valence-electron chi connectivity index (χ3n) is 2.32. The Hall–Kier alpha value is -0.0400. The van der Waals surface area contributed by atoms with Crippen LogP contribution in [0.4, 0.5) is 0 Å². The molecule has 0 aliphatic rings. The third-order valence-corrected chi connectivity index (χ3v) is 2.32. The molecule has 0 spiro atoms. The van der Waals surface area contributed by atoms with Crippen LogP contribution >= 0.6 is 0 Å². The average molecular weight is 185 g/mol. The normalized spacial score (nSPS) is 11.5. The fraction of sp³-hybridized carbons (Fsp3) is 1.00. The molecule has 0 aromatic carbocycles. The van der Waals surface area contributed by atoms with E-state index in [1.807, 2.05) is 0 Å². The predicted octanol–water partition coefficient (Wildman–Crippen LogP) is 3.54. The van der Waals surface area contributed by atoms with E-state index in [1.54, 1.807) is 0 Å². The first-order valence-electron chi connectivity index (χ1n) is 5.85. The highest BCUT2D eigenvalue weighted by molar-refractivity contribution is 4.54. The zero-order chi connectivity index (χ0) is 10.1. The molecular formula is C12H27N. The summed E-state index contributed by atoms with van der Waals surface area (Å²) in [5.74, 6) is 0.806. The highest BCUT2D eigenvalue weighted by Gasteiger charge is 2.00. The van der Waals surface area contributed by atoms with Crippen molar-refractivity contribution in [3.8, 4) is 0 Å². The maximum Gasteiger partial charge on any atom is 0.000133 e. The molecule has 0 rings (SSSR count). The standard InChI is InChI=1S/C12H27N/c1-5-6-7-8-9-10-13(4)11-12(2)3/h12H,5-11H2,1-4H3. The van der Waals surface area contributed by atoms with Crippen LogP contribution in [0.3, 0.4) is 0 Å². The molecule has 0 amide bonds. The Balaban J connectivity index is 3.12. The Bertz CT molecular complexity index is 99.3. The Morgan fingerprint density at radius 1 is 1.00 bits per heavy atom. The van der Waals surface area contributed by atoms with Gasteiger partial charge in [-0.15, -0.1) is 0 Å². The summed E-state index contributed by atoms with van der Waals surface area (Å²) in [7, 11) is 2.24. The lowest BCUT2D eigenvalue weighted by molar-refractivity contribution is 0.288. The van der Waals surface area contributed by atoms with Crippen molar-refractivity contribution in [2.45, 2.75) is 52.9 Å². The van der Waals surface area contributed by atoms with Gasteiger partial charge >= 0.3 is 0 Å². The van der Waals surface area contributed by atoms with E-state index in [4.69, 9.17) is 0 Å². The molecule has 0 fully saturated rings. The molecule has 13 heavy (non-hydrogen) atoms. The highest BCUT2D eigenvalue weighted by atomic mass is 15.1. The molecule has 0 saturated carbocycles. The van der Waals surface area contributed by atoms with Crippen molar-refractivity contribution in [2.24, 2.45) is 5.92 Å². The van der Waals surface area contributed by atoms with Crippen molar-refractivity contribution < 1.29 is 0 Å². The monoisotopic (exact) mass is 185 g/mol. The van der Waals surface area contributed by atoms with Gasteiger partial charge in [0.1, 0.15) is 0 Å². The Morgan fingerprint density at radius 2 is 1.62 bits per heavy atom. The van der Waals surface area contributed by atoms with Crippen LogP contribution < -0.4 is 0 Å². The summed E-state index contributed by atoms with van der Waals surface area (Å²) in [5.41, 5.74) is 0. The summed E-state index contributed by atoms with van der Waals surface area (Å²) in [5, 5.41) is 0. The van der Waals surface area contributed by atoms with E-state index in [0.717, 1.165) is 5.92 Å². The smallest absolute Gasteiger partial charge is 0.000133 e. The van der Waals surface area contributed by atoms with E-state index in [2.05, 4.69) is 32.7 Å². The Labute approximate surface area is 84.5 Å². The molecule has 0 unspecified atom stereocenters. The first-order valence-corrected chi connectivity index (χ1v) is 5.85. The first kappa shape index (κ1) is 13.0. The quantitative estimate of drug-likeness (QED) is 0.523. The maximum atomic E-state index is 2.45. The maximum absolute atomic E-state index is 2.45. The second-order valence-corrected chi connectivity index (χ2v) is 4.57. The van der Waals surface area contributed by atoms with Gasteiger partial charge in [-0.2, -0.15) is 0 Å². The molecule has 0 atom stereocenters. The van der Waals surface area contributed by atoms with Gasteiger partial charge in [-0.25, -0.2) is 0 Å². The minimum Gasteiger partial charge on any atom is -0.306 e. The van der Waals surface area contributed by atoms with Gasteiger partial charge in [-0.1, -0.05) is 46.5 Å². The molecule has 0 aromatic heterocycles. The summed E-state index contributed by atoms with van der Waals surface area (Å²) in [6.07, 6.45) is 6.97. The minimum atomic E-state index is 0.806. The summed E-state index contributed by atoms with van der Waals surface area (Å²) >= 11 is 0. The lowest BCUT2D eigenvalue weighted by Gasteiger charge is -2.18. The average Bonchev–Trinajstić information content (AvgIpc) is 2.02. The van der Waals surface area contributed by atoms with E-state index in [1.165, 1.54) is 45.2 Å². The van der Waals surface area contributed by atoms with E-state index < -0.39 is 0 Å². The molecule has 0 saturated heterocycles. The zero-order valence-electron chi connectivity index (χ0n) is 9.97. The zero-order valence-corrected chi connectivity index (χ0v) is 9.97. The van der Waals surface area contributed by atoms with E-state index >= 15 is 0 Å². The second kappa shape index (κ2) is 8.55. The molecule has 0 heterocycles. The number of unbranched alkanes of at least 4 members (excludes halogenated alkanes) is 4. The topological polar surface area (TPSA) is 3.24 Å². The molecule has 80 valence electrons. The first-order chi connectivity index (χ1) is 6.16. The van der Waals surface area contributed by atoms with Crippen molar-refractivity contribution in [1.29, 1.82) is 0 Å². The summed E-state index contributed by atoms with van der Waals surface area (Å²) < 4.78 is 0. The minimum absolute atomic E-state index is 0.806. The van der Waals surface area contributed by atoms with Crippen LogP contribution in [0.25, 0.3) is 0 Å². The van der Waals surface area contributed by atoms with E-state index in [9.17, 15) is 0 Å². The van der Waals surface area contributed by atoms with Crippen LogP contribution in [0.2, 0.25) is 0 Å². The highest BCUT2D eigenvalue weighted by Crippen LogP contribution is 2.04. The van der Waals surface area contributed by atoms with Gasteiger partial charge in [0.05, 0.1) is 0 Å². The van der Waals surface area contributed by atoms with Crippen molar-refractivity contribution in [3.05, 3.63) is 0 Å². The number of nitrogens with zero attached hydrogens (tertiary/aromatic N) is 1. The lowest BCUT2D eigenvalue weighted by Crippen LogP contribution is -2.24. The van der Waals surface area contributed by atoms with Crippen LogP contribution in [-0.4, -0.2) is 25.0 Å². The Kier molecular flexibility index (Phi) is 8.53. The van der Waals surface area contributed by atoms with Crippen LogP contribution in [0.5, 0.6) is 0 Å². The van der Waals surface area contributed by atoms with Crippen LogP contribution in [-0.2, 0) is 0 Å². The van der Waals surface area contributed by atoms with Gasteiger partial charge in [0, 0.05) is 6.54 Å². The Morgan fingerprint density at radius 3 is 2.15 bits per heavy atom.